The molecule has 0 bridgehead atoms. The van der Waals surface area contributed by atoms with Gasteiger partial charge in [-0.05, 0) is 33.2 Å². The van der Waals surface area contributed by atoms with Crippen molar-refractivity contribution in [2.24, 2.45) is 0 Å². The van der Waals surface area contributed by atoms with Gasteiger partial charge in [-0.15, -0.1) is 10.2 Å². The molecule has 17 heavy (non-hydrogen) atoms. The Hall–Kier alpha value is -1.01. The van der Waals surface area contributed by atoms with E-state index in [0.29, 0.717) is 17.7 Å². The van der Waals surface area contributed by atoms with Crippen molar-refractivity contribution in [2.45, 2.75) is 39.2 Å². The fourth-order valence-electron chi connectivity index (χ4n) is 2.08. The van der Waals surface area contributed by atoms with Crippen LogP contribution in [0, 0.1) is 6.92 Å². The molecule has 0 aliphatic carbocycles. The quantitative estimate of drug-likeness (QED) is 0.891. The minimum Gasteiger partial charge on any atom is -0.299 e. The summed E-state index contributed by atoms with van der Waals surface area (Å²) in [6, 6.07) is 0.505. The van der Waals surface area contributed by atoms with Crippen LogP contribution in [0.15, 0.2) is 0 Å². The minimum absolute atomic E-state index is 0.00917. The molecule has 2 heterocycles. The number of amides is 1. The Labute approximate surface area is 105 Å². The summed E-state index contributed by atoms with van der Waals surface area (Å²) in [5.41, 5.74) is 0. The van der Waals surface area contributed by atoms with Crippen LogP contribution in [0.3, 0.4) is 0 Å². The highest BCUT2D eigenvalue weighted by molar-refractivity contribution is 7.15. The van der Waals surface area contributed by atoms with Crippen molar-refractivity contribution in [1.82, 2.24) is 15.1 Å². The molecule has 0 radical (unpaired) electrons. The van der Waals surface area contributed by atoms with Gasteiger partial charge in [0.15, 0.2) is 0 Å². The molecular formula is C11H18N4OS. The van der Waals surface area contributed by atoms with E-state index in [1.54, 1.807) is 0 Å². The van der Waals surface area contributed by atoms with E-state index in [9.17, 15) is 4.79 Å². The molecule has 1 aromatic heterocycles. The highest BCUT2D eigenvalue weighted by Crippen LogP contribution is 2.17. The Balaban J connectivity index is 1.84. The molecule has 0 saturated carbocycles. The first-order chi connectivity index (χ1) is 8.15. The highest BCUT2D eigenvalue weighted by Gasteiger charge is 2.20. The SMILES string of the molecule is Cc1nnc(NC(=O)CN2CCCCC2C)s1. The van der Waals surface area contributed by atoms with Gasteiger partial charge in [0.1, 0.15) is 5.01 Å². The third-order valence-electron chi connectivity index (χ3n) is 3.06. The van der Waals surface area contributed by atoms with Gasteiger partial charge in [-0.2, -0.15) is 0 Å². The van der Waals surface area contributed by atoms with Crippen LogP contribution < -0.4 is 5.32 Å². The van der Waals surface area contributed by atoms with E-state index in [1.807, 2.05) is 6.92 Å². The van der Waals surface area contributed by atoms with Gasteiger partial charge in [0.25, 0.3) is 0 Å². The maximum atomic E-state index is 11.8. The molecule has 1 amide bonds. The number of carbonyl (C=O) groups is 1. The second kappa shape index (κ2) is 5.55. The monoisotopic (exact) mass is 254 g/mol. The van der Waals surface area contributed by atoms with E-state index in [1.165, 1.54) is 30.6 Å². The van der Waals surface area contributed by atoms with Crippen LogP contribution >= 0.6 is 11.3 Å². The number of nitrogens with zero attached hydrogens (tertiary/aromatic N) is 3. The van der Waals surface area contributed by atoms with Crippen LogP contribution in [0.4, 0.5) is 5.13 Å². The fraction of sp³-hybridized carbons (Fsp3) is 0.727. The molecule has 1 aliphatic heterocycles. The fourth-order valence-corrected chi connectivity index (χ4v) is 2.69. The molecule has 6 heteroatoms. The zero-order chi connectivity index (χ0) is 12.3. The third-order valence-corrected chi connectivity index (χ3v) is 3.81. The summed E-state index contributed by atoms with van der Waals surface area (Å²) in [6.45, 7) is 5.53. The normalized spacial score (nSPS) is 21.4. The lowest BCUT2D eigenvalue weighted by Gasteiger charge is -2.32. The molecular weight excluding hydrogens is 236 g/mol. The van der Waals surface area contributed by atoms with E-state index < -0.39 is 0 Å². The van der Waals surface area contributed by atoms with E-state index in [-0.39, 0.29) is 5.91 Å². The number of aromatic nitrogens is 2. The van der Waals surface area contributed by atoms with Gasteiger partial charge in [-0.25, -0.2) is 0 Å². The molecule has 1 atom stereocenters. The van der Waals surface area contributed by atoms with Gasteiger partial charge in [0, 0.05) is 6.04 Å². The van der Waals surface area contributed by atoms with E-state index in [0.717, 1.165) is 11.6 Å². The number of aryl methyl sites for hydroxylation is 1. The number of hydrogen-bond donors (Lipinski definition) is 1. The van der Waals surface area contributed by atoms with Crippen LogP contribution in [0.2, 0.25) is 0 Å². The van der Waals surface area contributed by atoms with Crippen LogP contribution in [0.1, 0.15) is 31.2 Å². The Morgan fingerprint density at radius 3 is 3.00 bits per heavy atom. The lowest BCUT2D eigenvalue weighted by atomic mass is 10.0. The summed E-state index contributed by atoms with van der Waals surface area (Å²) < 4.78 is 0. The molecule has 1 N–H and O–H groups in total. The van der Waals surface area contributed by atoms with E-state index in [2.05, 4.69) is 27.3 Å². The van der Waals surface area contributed by atoms with Gasteiger partial charge in [-0.3, -0.25) is 15.0 Å². The summed E-state index contributed by atoms with van der Waals surface area (Å²) in [5.74, 6) is 0.00917. The Morgan fingerprint density at radius 1 is 1.53 bits per heavy atom. The van der Waals surface area contributed by atoms with Crippen molar-refractivity contribution in [3.63, 3.8) is 0 Å². The number of rotatable bonds is 3. The Kier molecular flexibility index (Phi) is 4.06. The smallest absolute Gasteiger partial charge is 0.240 e. The zero-order valence-electron chi connectivity index (χ0n) is 10.3. The van der Waals surface area contributed by atoms with Crippen LogP contribution in [0.5, 0.6) is 0 Å². The summed E-state index contributed by atoms with van der Waals surface area (Å²) >= 11 is 1.41. The number of hydrogen-bond acceptors (Lipinski definition) is 5. The largest absolute Gasteiger partial charge is 0.299 e. The van der Waals surface area contributed by atoms with Crippen LogP contribution in [-0.2, 0) is 4.79 Å². The standard InChI is InChI=1S/C11H18N4OS/c1-8-5-3-4-6-15(8)7-10(16)12-11-14-13-9(2)17-11/h8H,3-7H2,1-2H3,(H,12,14,16). The molecule has 1 unspecified atom stereocenters. The van der Waals surface area contributed by atoms with Gasteiger partial charge >= 0.3 is 0 Å². The third kappa shape index (κ3) is 3.47. The predicted octanol–water partition coefficient (Wildman–Crippen LogP) is 1.66. The molecule has 0 aromatic carbocycles. The summed E-state index contributed by atoms with van der Waals surface area (Å²) in [5, 5.41) is 12.0. The average Bonchev–Trinajstić information content (AvgIpc) is 2.67. The van der Waals surface area contributed by atoms with Crippen LogP contribution in [-0.4, -0.2) is 40.1 Å². The lowest BCUT2D eigenvalue weighted by Crippen LogP contribution is -2.42. The number of nitrogens with one attached hydrogen (secondary N) is 1. The minimum atomic E-state index is 0.00917. The maximum Gasteiger partial charge on any atom is 0.240 e. The molecule has 0 spiro atoms. The van der Waals surface area contributed by atoms with Gasteiger partial charge in [0.05, 0.1) is 6.54 Å². The number of likely N-dealkylation sites (tertiary alicyclic amines) is 1. The molecule has 94 valence electrons. The summed E-state index contributed by atoms with van der Waals surface area (Å²) in [6.07, 6.45) is 3.65. The van der Waals surface area contributed by atoms with Crippen molar-refractivity contribution in [3.05, 3.63) is 5.01 Å². The maximum absolute atomic E-state index is 11.8. The zero-order valence-corrected chi connectivity index (χ0v) is 11.1. The van der Waals surface area contributed by atoms with Crippen molar-refractivity contribution >= 4 is 22.4 Å². The Morgan fingerprint density at radius 2 is 2.35 bits per heavy atom. The second-order valence-corrected chi connectivity index (χ2v) is 5.67. The van der Waals surface area contributed by atoms with E-state index in [4.69, 9.17) is 0 Å². The first-order valence-corrected chi connectivity index (χ1v) is 6.81. The van der Waals surface area contributed by atoms with Crippen molar-refractivity contribution in [2.75, 3.05) is 18.4 Å². The van der Waals surface area contributed by atoms with Crippen LogP contribution in [0.25, 0.3) is 0 Å². The summed E-state index contributed by atoms with van der Waals surface area (Å²) in [4.78, 5) is 14.1. The number of anilines is 1. The van der Waals surface area contributed by atoms with Gasteiger partial charge in [-0.1, -0.05) is 17.8 Å². The van der Waals surface area contributed by atoms with Gasteiger partial charge < -0.3 is 0 Å². The van der Waals surface area contributed by atoms with E-state index >= 15 is 0 Å². The van der Waals surface area contributed by atoms with Gasteiger partial charge in [0.2, 0.25) is 11.0 Å². The number of carbonyl (C=O) groups excluding carboxylic acids is 1. The Bertz CT molecular complexity index is 393. The molecule has 2 rings (SSSR count). The first-order valence-electron chi connectivity index (χ1n) is 5.99. The lowest BCUT2D eigenvalue weighted by molar-refractivity contribution is -0.118. The predicted molar refractivity (Wildman–Crippen MR) is 68.2 cm³/mol. The number of piperidine rings is 1. The average molecular weight is 254 g/mol. The molecule has 1 aromatic rings. The summed E-state index contributed by atoms with van der Waals surface area (Å²) in [7, 11) is 0. The molecule has 1 fully saturated rings. The highest BCUT2D eigenvalue weighted by atomic mass is 32.1. The topological polar surface area (TPSA) is 58.1 Å². The first kappa shape index (κ1) is 12.4. The van der Waals surface area contributed by atoms with Crippen molar-refractivity contribution in [1.29, 1.82) is 0 Å². The molecule has 5 nitrogen and oxygen atoms in total. The second-order valence-electron chi connectivity index (χ2n) is 4.49. The van der Waals surface area contributed by atoms with Crippen molar-refractivity contribution in [3.8, 4) is 0 Å². The molecule has 1 saturated heterocycles. The van der Waals surface area contributed by atoms with Crippen molar-refractivity contribution < 1.29 is 4.79 Å². The molecule has 1 aliphatic rings.